The highest BCUT2D eigenvalue weighted by Crippen LogP contribution is 2.29. The predicted octanol–water partition coefficient (Wildman–Crippen LogP) is 3.81. The Bertz CT molecular complexity index is 676. The van der Waals surface area contributed by atoms with E-state index in [4.69, 9.17) is 4.74 Å². The van der Waals surface area contributed by atoms with E-state index in [9.17, 15) is 9.18 Å². The number of nitrogens with zero attached hydrogens (tertiary/aromatic N) is 1. The Morgan fingerprint density at radius 1 is 1.32 bits per heavy atom. The molecule has 1 aliphatic carbocycles. The van der Waals surface area contributed by atoms with E-state index in [1.807, 2.05) is 0 Å². The Labute approximate surface area is 132 Å². The number of nitrogens with one attached hydrogen (secondary N) is 1. The Balaban J connectivity index is 1.75. The fourth-order valence-electron chi connectivity index (χ4n) is 2.56. The molecule has 1 aromatic carbocycles. The van der Waals surface area contributed by atoms with Crippen molar-refractivity contribution in [2.75, 3.05) is 12.4 Å². The van der Waals surface area contributed by atoms with Gasteiger partial charge in [-0.3, -0.25) is 10.1 Å². The molecule has 6 heteroatoms. The van der Waals surface area contributed by atoms with Crippen LogP contribution in [-0.4, -0.2) is 18.0 Å². The zero-order valence-corrected chi connectivity index (χ0v) is 13.1. The van der Waals surface area contributed by atoms with Crippen LogP contribution in [0.5, 0.6) is 5.75 Å². The third-order valence-corrected chi connectivity index (χ3v) is 4.80. The minimum absolute atomic E-state index is 0.123. The van der Waals surface area contributed by atoms with Gasteiger partial charge in [-0.2, -0.15) is 0 Å². The highest BCUT2D eigenvalue weighted by Gasteiger charge is 2.16. The van der Waals surface area contributed by atoms with Crippen LogP contribution in [-0.2, 0) is 12.8 Å². The van der Waals surface area contributed by atoms with Crippen molar-refractivity contribution >= 4 is 22.4 Å². The number of ether oxygens (including phenoxy) is 1. The summed E-state index contributed by atoms with van der Waals surface area (Å²) in [6.07, 6.45) is 5.55. The summed E-state index contributed by atoms with van der Waals surface area (Å²) >= 11 is 1.52. The smallest absolute Gasteiger partial charge is 0.257 e. The van der Waals surface area contributed by atoms with Gasteiger partial charge in [0.05, 0.1) is 12.8 Å². The number of fused-ring (bicyclic) bond motifs is 1. The first-order valence-corrected chi connectivity index (χ1v) is 8.12. The van der Waals surface area contributed by atoms with Crippen molar-refractivity contribution in [3.8, 4) is 5.75 Å². The number of anilines is 1. The number of carbonyl (C=O) groups excluding carboxylic acids is 1. The molecule has 1 amide bonds. The summed E-state index contributed by atoms with van der Waals surface area (Å²) in [5.41, 5.74) is 1.35. The average molecular weight is 320 g/mol. The molecule has 0 radical (unpaired) electrons. The Kier molecular flexibility index (Phi) is 4.38. The van der Waals surface area contributed by atoms with Crippen molar-refractivity contribution in [1.82, 2.24) is 4.98 Å². The lowest BCUT2D eigenvalue weighted by molar-refractivity contribution is 0.102. The molecular formula is C16H17FN2O2S. The standard InChI is InChI=1S/C16H17FN2O2S/c1-21-13-8-7-10(9-11(13)17)15(20)19-16-18-12-5-3-2-4-6-14(12)22-16/h7-9H,2-6H2,1H3,(H,18,19,20). The number of methoxy groups -OCH3 is 1. The molecular weight excluding hydrogens is 303 g/mol. The average Bonchev–Trinajstić information content (AvgIpc) is 2.75. The molecule has 1 aliphatic rings. The van der Waals surface area contributed by atoms with Crippen molar-refractivity contribution in [2.24, 2.45) is 0 Å². The number of thiazole rings is 1. The first-order valence-electron chi connectivity index (χ1n) is 7.31. The van der Waals surface area contributed by atoms with Crippen LogP contribution in [0.25, 0.3) is 0 Å². The number of hydrogen-bond donors (Lipinski definition) is 1. The predicted molar refractivity (Wildman–Crippen MR) is 84.3 cm³/mol. The molecule has 4 nitrogen and oxygen atoms in total. The van der Waals surface area contributed by atoms with Crippen LogP contribution in [0.15, 0.2) is 18.2 Å². The molecule has 0 saturated carbocycles. The maximum absolute atomic E-state index is 13.7. The van der Waals surface area contributed by atoms with Gasteiger partial charge in [-0.1, -0.05) is 6.42 Å². The number of rotatable bonds is 3. The zero-order valence-electron chi connectivity index (χ0n) is 12.3. The summed E-state index contributed by atoms with van der Waals surface area (Å²) in [6.45, 7) is 0. The van der Waals surface area contributed by atoms with Gasteiger partial charge >= 0.3 is 0 Å². The van der Waals surface area contributed by atoms with Gasteiger partial charge in [0.1, 0.15) is 0 Å². The Morgan fingerprint density at radius 2 is 2.14 bits per heavy atom. The summed E-state index contributed by atoms with van der Waals surface area (Å²) in [5, 5.41) is 3.35. The second-order valence-electron chi connectivity index (χ2n) is 5.25. The minimum atomic E-state index is -0.551. The molecule has 0 unspecified atom stereocenters. The van der Waals surface area contributed by atoms with Gasteiger partial charge in [-0.05, 0) is 43.9 Å². The van der Waals surface area contributed by atoms with Crippen LogP contribution in [0, 0.1) is 5.82 Å². The molecule has 1 heterocycles. The van der Waals surface area contributed by atoms with Crippen LogP contribution in [0.3, 0.4) is 0 Å². The minimum Gasteiger partial charge on any atom is -0.494 e. The van der Waals surface area contributed by atoms with Crippen LogP contribution >= 0.6 is 11.3 Å². The van der Waals surface area contributed by atoms with Gasteiger partial charge in [0, 0.05) is 10.4 Å². The third-order valence-electron chi connectivity index (χ3n) is 3.73. The number of hydrogen-bond acceptors (Lipinski definition) is 4. The summed E-state index contributed by atoms with van der Waals surface area (Å²) in [5.74, 6) is -0.784. The van der Waals surface area contributed by atoms with Gasteiger partial charge in [0.15, 0.2) is 16.7 Å². The molecule has 0 atom stereocenters. The number of amides is 1. The lowest BCUT2D eigenvalue weighted by atomic mass is 10.2. The fraction of sp³-hybridized carbons (Fsp3) is 0.375. The maximum Gasteiger partial charge on any atom is 0.257 e. The largest absolute Gasteiger partial charge is 0.494 e. The SMILES string of the molecule is COc1ccc(C(=O)Nc2nc3c(s2)CCCCC3)cc1F. The van der Waals surface area contributed by atoms with Crippen LogP contribution < -0.4 is 10.1 Å². The summed E-state index contributed by atoms with van der Waals surface area (Å²) in [4.78, 5) is 18.0. The quantitative estimate of drug-likeness (QED) is 0.875. The number of carbonyl (C=O) groups is 1. The zero-order chi connectivity index (χ0) is 15.5. The van der Waals surface area contributed by atoms with E-state index >= 15 is 0 Å². The van der Waals surface area contributed by atoms with Crippen molar-refractivity contribution < 1.29 is 13.9 Å². The van der Waals surface area contributed by atoms with E-state index in [1.54, 1.807) is 0 Å². The van der Waals surface area contributed by atoms with E-state index in [1.165, 1.54) is 54.4 Å². The summed E-state index contributed by atoms with van der Waals surface area (Å²) in [6, 6.07) is 4.16. The maximum atomic E-state index is 13.7. The van der Waals surface area contributed by atoms with Crippen molar-refractivity contribution in [1.29, 1.82) is 0 Å². The topological polar surface area (TPSA) is 51.2 Å². The van der Waals surface area contributed by atoms with Gasteiger partial charge in [-0.15, -0.1) is 11.3 Å². The van der Waals surface area contributed by atoms with Gasteiger partial charge in [0.2, 0.25) is 0 Å². The summed E-state index contributed by atoms with van der Waals surface area (Å²) in [7, 11) is 1.39. The monoisotopic (exact) mass is 320 g/mol. The first kappa shape index (κ1) is 15.0. The van der Waals surface area contributed by atoms with Crippen molar-refractivity contribution in [3.05, 3.63) is 40.2 Å². The second kappa shape index (κ2) is 6.44. The number of aryl methyl sites for hydroxylation is 2. The van der Waals surface area contributed by atoms with Crippen LogP contribution in [0.2, 0.25) is 0 Å². The molecule has 0 spiro atoms. The number of benzene rings is 1. The molecule has 0 bridgehead atoms. The number of halogens is 1. The van der Waals surface area contributed by atoms with Crippen LogP contribution in [0.4, 0.5) is 9.52 Å². The third kappa shape index (κ3) is 3.11. The van der Waals surface area contributed by atoms with E-state index in [-0.39, 0.29) is 17.2 Å². The molecule has 2 aromatic rings. The Morgan fingerprint density at radius 3 is 2.91 bits per heavy atom. The van der Waals surface area contributed by atoms with Crippen molar-refractivity contribution in [3.63, 3.8) is 0 Å². The highest BCUT2D eigenvalue weighted by molar-refractivity contribution is 7.15. The second-order valence-corrected chi connectivity index (χ2v) is 6.34. The van der Waals surface area contributed by atoms with E-state index in [0.29, 0.717) is 5.13 Å². The highest BCUT2D eigenvalue weighted by atomic mass is 32.1. The van der Waals surface area contributed by atoms with Gasteiger partial charge < -0.3 is 4.74 Å². The molecule has 0 saturated heterocycles. The fourth-order valence-corrected chi connectivity index (χ4v) is 3.60. The molecule has 0 fully saturated rings. The summed E-state index contributed by atoms with van der Waals surface area (Å²) < 4.78 is 18.5. The molecule has 22 heavy (non-hydrogen) atoms. The van der Waals surface area contributed by atoms with E-state index < -0.39 is 5.82 Å². The lowest BCUT2D eigenvalue weighted by Crippen LogP contribution is -2.12. The molecule has 116 valence electrons. The normalized spacial score (nSPS) is 14.1. The Hall–Kier alpha value is -1.95. The van der Waals surface area contributed by atoms with Gasteiger partial charge in [-0.25, -0.2) is 9.37 Å². The van der Waals surface area contributed by atoms with Crippen molar-refractivity contribution in [2.45, 2.75) is 32.1 Å². The van der Waals surface area contributed by atoms with E-state index in [0.717, 1.165) is 25.0 Å². The first-order chi connectivity index (χ1) is 10.7. The molecule has 0 aliphatic heterocycles. The number of aromatic nitrogens is 1. The molecule has 1 aromatic heterocycles. The lowest BCUT2D eigenvalue weighted by Gasteiger charge is -2.05. The van der Waals surface area contributed by atoms with Gasteiger partial charge in [0.25, 0.3) is 5.91 Å². The van der Waals surface area contributed by atoms with Crippen LogP contribution in [0.1, 0.15) is 40.2 Å². The molecule has 1 N–H and O–H groups in total. The molecule has 3 rings (SSSR count). The van der Waals surface area contributed by atoms with E-state index in [2.05, 4.69) is 10.3 Å².